The zero-order valence-corrected chi connectivity index (χ0v) is 24.0. The first kappa shape index (κ1) is 27.8. The van der Waals surface area contributed by atoms with E-state index in [1.807, 2.05) is 36.1 Å². The van der Waals surface area contributed by atoms with Gasteiger partial charge in [0, 0.05) is 56.5 Å². The van der Waals surface area contributed by atoms with E-state index in [0.717, 1.165) is 50.2 Å². The maximum Gasteiger partial charge on any atom is 0.308 e. The maximum atomic E-state index is 12.9. The smallest absolute Gasteiger partial charge is 0.308 e. The van der Waals surface area contributed by atoms with Gasteiger partial charge in [0.25, 0.3) is 0 Å². The van der Waals surface area contributed by atoms with Gasteiger partial charge in [0.15, 0.2) is 11.9 Å². The highest BCUT2D eigenvalue weighted by Gasteiger charge is 2.69. The van der Waals surface area contributed by atoms with Crippen molar-refractivity contribution in [3.63, 3.8) is 0 Å². The van der Waals surface area contributed by atoms with Crippen LogP contribution in [0.2, 0.25) is 0 Å². The highest BCUT2D eigenvalue weighted by Crippen LogP contribution is 2.60. The number of anilines is 1. The molecule has 8 atom stereocenters. The van der Waals surface area contributed by atoms with Gasteiger partial charge >= 0.3 is 5.97 Å². The number of piperazine rings is 1. The van der Waals surface area contributed by atoms with Gasteiger partial charge < -0.3 is 28.7 Å². The van der Waals surface area contributed by atoms with E-state index in [1.54, 1.807) is 7.11 Å². The van der Waals surface area contributed by atoms with E-state index in [4.69, 9.17) is 28.7 Å². The van der Waals surface area contributed by atoms with E-state index in [1.165, 1.54) is 0 Å². The summed E-state index contributed by atoms with van der Waals surface area (Å²) in [4.78, 5) is 41.9. The molecule has 5 heterocycles. The SMILES string of the molecule is COc1ccc(N2CCN(C(=O)CCC(=O)O[C@@H]3O[C@@H]4OC5(C)CCC6[C@H](C)CCC([C@H]3C)[C@]64OO5)CC2)cc1. The molecule has 1 aliphatic carbocycles. The predicted octanol–water partition coefficient (Wildman–Crippen LogP) is 3.88. The Hall–Kier alpha value is -2.40. The molecule has 220 valence electrons. The number of rotatable bonds is 6. The number of methoxy groups -OCH3 is 1. The van der Waals surface area contributed by atoms with Crippen LogP contribution in [-0.4, -0.2) is 74.0 Å². The number of benzene rings is 1. The second-order valence-corrected chi connectivity index (χ2v) is 12.3. The van der Waals surface area contributed by atoms with Gasteiger partial charge in [0.1, 0.15) is 5.75 Å². The number of amides is 1. The quantitative estimate of drug-likeness (QED) is 0.381. The molecule has 1 saturated carbocycles. The molecule has 1 amide bonds. The number of nitrogens with zero attached hydrogens (tertiary/aromatic N) is 2. The maximum absolute atomic E-state index is 12.9. The summed E-state index contributed by atoms with van der Waals surface area (Å²) in [5.74, 6) is 0.183. The lowest BCUT2D eigenvalue weighted by molar-refractivity contribution is -0.576. The Morgan fingerprint density at radius 3 is 2.45 bits per heavy atom. The zero-order chi connectivity index (χ0) is 28.1. The molecule has 0 N–H and O–H groups in total. The molecule has 5 aliphatic heterocycles. The van der Waals surface area contributed by atoms with Crippen LogP contribution in [0.1, 0.15) is 59.3 Å². The van der Waals surface area contributed by atoms with Crippen molar-refractivity contribution < 1.29 is 38.3 Å². The van der Waals surface area contributed by atoms with E-state index < -0.39 is 29.9 Å². The molecular weight excluding hydrogens is 516 g/mol. The normalized spacial score (nSPS) is 38.8. The molecule has 10 heteroatoms. The Labute approximate surface area is 236 Å². The van der Waals surface area contributed by atoms with Gasteiger partial charge in [-0.05, 0) is 62.3 Å². The molecule has 0 radical (unpaired) electrons. The highest BCUT2D eigenvalue weighted by molar-refractivity contribution is 5.81. The summed E-state index contributed by atoms with van der Waals surface area (Å²) in [6, 6.07) is 7.94. The van der Waals surface area contributed by atoms with Crippen LogP contribution in [0.15, 0.2) is 24.3 Å². The summed E-state index contributed by atoms with van der Waals surface area (Å²) in [5.41, 5.74) is 0.412. The van der Waals surface area contributed by atoms with Gasteiger partial charge in [0.2, 0.25) is 18.0 Å². The summed E-state index contributed by atoms with van der Waals surface area (Å²) in [6.07, 6.45) is 2.40. The van der Waals surface area contributed by atoms with Gasteiger partial charge in [-0.3, -0.25) is 9.59 Å². The van der Waals surface area contributed by atoms with Crippen LogP contribution >= 0.6 is 0 Å². The summed E-state index contributed by atoms with van der Waals surface area (Å²) >= 11 is 0. The van der Waals surface area contributed by atoms with Crippen molar-refractivity contribution in [2.45, 2.75) is 83.3 Å². The van der Waals surface area contributed by atoms with Crippen LogP contribution in [0.5, 0.6) is 5.75 Å². The first-order valence-electron chi connectivity index (χ1n) is 14.8. The van der Waals surface area contributed by atoms with E-state index in [2.05, 4.69) is 18.7 Å². The fourth-order valence-electron chi connectivity index (χ4n) is 7.57. The Morgan fingerprint density at radius 1 is 0.975 bits per heavy atom. The molecule has 7 rings (SSSR count). The third-order valence-corrected chi connectivity index (χ3v) is 9.96. The highest BCUT2D eigenvalue weighted by atomic mass is 17.3. The Balaban J connectivity index is 1.02. The number of hydrogen-bond donors (Lipinski definition) is 0. The molecule has 40 heavy (non-hydrogen) atoms. The summed E-state index contributed by atoms with van der Waals surface area (Å²) in [6.45, 7) is 8.91. The third-order valence-electron chi connectivity index (χ3n) is 9.96. The fourth-order valence-corrected chi connectivity index (χ4v) is 7.57. The molecule has 1 spiro atoms. The second kappa shape index (κ2) is 10.8. The zero-order valence-electron chi connectivity index (χ0n) is 24.0. The van der Waals surface area contributed by atoms with Crippen molar-refractivity contribution in [1.29, 1.82) is 0 Å². The standard InChI is InChI=1S/C30H42N2O8/c1-19-5-10-24-20(2)27(37-28-30(24)23(19)13-14-29(3,38-28)39-40-30)36-26(34)12-11-25(33)32-17-15-31(16-18-32)21-6-8-22(35-4)9-7-21/h6-9,19-20,23-24,27-28H,5,10-18H2,1-4H3/t19-,20-,23?,24?,27-,28-,29?,30-/m1/s1. The molecule has 2 bridgehead atoms. The average molecular weight is 559 g/mol. The molecular formula is C30H42N2O8. The van der Waals surface area contributed by atoms with Gasteiger partial charge in [0.05, 0.1) is 13.5 Å². The van der Waals surface area contributed by atoms with Gasteiger partial charge in [-0.25, -0.2) is 9.78 Å². The van der Waals surface area contributed by atoms with Crippen molar-refractivity contribution in [2.75, 3.05) is 38.2 Å². The molecule has 1 aromatic carbocycles. The topological polar surface area (TPSA) is 96.0 Å². The Kier molecular flexibility index (Phi) is 7.48. The number of fused-ring (bicyclic) bond motifs is 2. The molecule has 10 nitrogen and oxygen atoms in total. The van der Waals surface area contributed by atoms with E-state index in [-0.39, 0.29) is 36.5 Å². The largest absolute Gasteiger partial charge is 0.497 e. The number of esters is 1. The van der Waals surface area contributed by atoms with Crippen molar-refractivity contribution >= 4 is 17.6 Å². The number of ether oxygens (including phenoxy) is 4. The Bertz CT molecular complexity index is 1090. The van der Waals surface area contributed by atoms with Crippen molar-refractivity contribution in [3.05, 3.63) is 24.3 Å². The van der Waals surface area contributed by atoms with Crippen LogP contribution in [-0.2, 0) is 33.6 Å². The second-order valence-electron chi connectivity index (χ2n) is 12.3. The lowest BCUT2D eigenvalue weighted by Gasteiger charge is -2.59. The van der Waals surface area contributed by atoms with Crippen LogP contribution in [0.25, 0.3) is 0 Å². The summed E-state index contributed by atoms with van der Waals surface area (Å²) in [5, 5.41) is 0. The van der Waals surface area contributed by atoms with E-state index >= 15 is 0 Å². The number of carbonyl (C=O) groups excluding carboxylic acids is 2. The van der Waals surface area contributed by atoms with Crippen LogP contribution in [0, 0.1) is 23.7 Å². The van der Waals surface area contributed by atoms with Crippen LogP contribution < -0.4 is 9.64 Å². The third kappa shape index (κ3) is 4.86. The van der Waals surface area contributed by atoms with Crippen LogP contribution in [0.4, 0.5) is 5.69 Å². The van der Waals surface area contributed by atoms with E-state index in [9.17, 15) is 9.59 Å². The number of carbonyl (C=O) groups is 2. The number of hydrogen-bond acceptors (Lipinski definition) is 9. The van der Waals surface area contributed by atoms with Crippen molar-refractivity contribution in [2.24, 2.45) is 23.7 Å². The molecule has 6 fully saturated rings. The van der Waals surface area contributed by atoms with Gasteiger partial charge in [-0.2, -0.15) is 0 Å². The lowest BCUT2D eigenvalue weighted by Crippen LogP contribution is -2.70. The van der Waals surface area contributed by atoms with E-state index in [0.29, 0.717) is 19.0 Å². The molecule has 3 unspecified atom stereocenters. The molecule has 0 aromatic heterocycles. The summed E-state index contributed by atoms with van der Waals surface area (Å²) < 4.78 is 23.8. The molecule has 6 aliphatic rings. The van der Waals surface area contributed by atoms with Gasteiger partial charge in [-0.1, -0.05) is 13.8 Å². The van der Waals surface area contributed by atoms with Crippen molar-refractivity contribution in [3.8, 4) is 5.75 Å². The average Bonchev–Trinajstić information content (AvgIpc) is 3.20. The summed E-state index contributed by atoms with van der Waals surface area (Å²) in [7, 11) is 1.65. The Morgan fingerprint density at radius 2 is 1.73 bits per heavy atom. The monoisotopic (exact) mass is 558 g/mol. The van der Waals surface area contributed by atoms with Gasteiger partial charge in [-0.15, -0.1) is 0 Å². The first-order valence-corrected chi connectivity index (χ1v) is 14.8. The van der Waals surface area contributed by atoms with Crippen LogP contribution in [0.3, 0.4) is 0 Å². The van der Waals surface area contributed by atoms with Crippen molar-refractivity contribution in [1.82, 2.24) is 4.90 Å². The minimum atomic E-state index is -0.878. The first-order chi connectivity index (χ1) is 19.2. The fraction of sp³-hybridized carbons (Fsp3) is 0.733. The lowest BCUT2D eigenvalue weighted by atomic mass is 9.58. The minimum absolute atomic E-state index is 0.0163. The minimum Gasteiger partial charge on any atom is -0.497 e. The predicted molar refractivity (Wildman–Crippen MR) is 144 cm³/mol. The molecule has 1 aromatic rings. The molecule has 5 saturated heterocycles.